The van der Waals surface area contributed by atoms with Gasteiger partial charge in [-0.2, -0.15) is 0 Å². The van der Waals surface area contributed by atoms with E-state index in [0.29, 0.717) is 18.1 Å². The number of aryl methyl sites for hydroxylation is 1. The van der Waals surface area contributed by atoms with E-state index in [0.717, 1.165) is 12.8 Å². The highest BCUT2D eigenvalue weighted by Gasteiger charge is 2.33. The standard InChI is InChI=1S/C12H15NO3S2/c14-11(5-1-3-9-4-2-6-18-9)13-8-17-7-10(13)12(15)16/h2,4,6,10H,1,3,5,7-8H2,(H,15,16). The first-order valence-corrected chi connectivity index (χ1v) is 7.84. The average Bonchev–Trinajstić information content (AvgIpc) is 2.99. The zero-order chi connectivity index (χ0) is 13.0. The number of amides is 1. The maximum absolute atomic E-state index is 11.9. The average molecular weight is 285 g/mol. The maximum Gasteiger partial charge on any atom is 0.327 e. The van der Waals surface area contributed by atoms with Crippen molar-refractivity contribution < 1.29 is 14.7 Å². The van der Waals surface area contributed by atoms with E-state index in [-0.39, 0.29) is 5.91 Å². The molecular weight excluding hydrogens is 270 g/mol. The molecule has 0 radical (unpaired) electrons. The van der Waals surface area contributed by atoms with E-state index in [2.05, 4.69) is 6.07 Å². The van der Waals surface area contributed by atoms with Gasteiger partial charge in [-0.25, -0.2) is 4.79 Å². The number of hydrogen-bond donors (Lipinski definition) is 1. The van der Waals surface area contributed by atoms with Crippen molar-refractivity contribution in [2.75, 3.05) is 11.6 Å². The van der Waals surface area contributed by atoms with Crippen molar-refractivity contribution in [1.82, 2.24) is 4.90 Å². The second-order valence-electron chi connectivity index (χ2n) is 4.15. The second kappa shape index (κ2) is 6.24. The number of carboxylic acid groups (broad SMARTS) is 1. The van der Waals surface area contributed by atoms with Crippen LogP contribution in [0.5, 0.6) is 0 Å². The molecule has 0 spiro atoms. The Morgan fingerprint density at radius 2 is 2.33 bits per heavy atom. The smallest absolute Gasteiger partial charge is 0.327 e. The fourth-order valence-corrected chi connectivity index (χ4v) is 3.83. The van der Waals surface area contributed by atoms with Gasteiger partial charge in [0.15, 0.2) is 0 Å². The van der Waals surface area contributed by atoms with Crippen molar-refractivity contribution in [3.8, 4) is 0 Å². The normalized spacial score (nSPS) is 19.1. The van der Waals surface area contributed by atoms with Gasteiger partial charge in [0, 0.05) is 17.1 Å². The molecule has 0 aliphatic carbocycles. The monoisotopic (exact) mass is 285 g/mol. The molecule has 1 aromatic heterocycles. The highest BCUT2D eigenvalue weighted by Crippen LogP contribution is 2.22. The Hall–Kier alpha value is -1.01. The fourth-order valence-electron chi connectivity index (χ4n) is 1.91. The summed E-state index contributed by atoms with van der Waals surface area (Å²) >= 11 is 3.19. The Kier molecular flexibility index (Phi) is 4.66. The number of nitrogens with zero attached hydrogens (tertiary/aromatic N) is 1. The van der Waals surface area contributed by atoms with Gasteiger partial charge in [-0.15, -0.1) is 23.1 Å². The largest absolute Gasteiger partial charge is 0.480 e. The summed E-state index contributed by atoms with van der Waals surface area (Å²) in [4.78, 5) is 25.7. The van der Waals surface area contributed by atoms with Crippen LogP contribution in [0.1, 0.15) is 17.7 Å². The van der Waals surface area contributed by atoms with Gasteiger partial charge < -0.3 is 10.0 Å². The molecule has 1 aromatic rings. The van der Waals surface area contributed by atoms with Gasteiger partial charge in [0.25, 0.3) is 0 Å². The molecule has 1 saturated heterocycles. The van der Waals surface area contributed by atoms with Crippen LogP contribution in [0.4, 0.5) is 0 Å². The minimum Gasteiger partial charge on any atom is -0.480 e. The Labute approximate surface area is 114 Å². The third-order valence-electron chi connectivity index (χ3n) is 2.88. The molecule has 6 heteroatoms. The topological polar surface area (TPSA) is 57.6 Å². The predicted molar refractivity (Wildman–Crippen MR) is 72.9 cm³/mol. The summed E-state index contributed by atoms with van der Waals surface area (Å²) in [6.07, 6.45) is 2.11. The lowest BCUT2D eigenvalue weighted by molar-refractivity contribution is -0.147. The summed E-state index contributed by atoms with van der Waals surface area (Å²) in [5, 5.41) is 11.0. The third kappa shape index (κ3) is 3.26. The van der Waals surface area contributed by atoms with Crippen LogP contribution in [0.3, 0.4) is 0 Å². The van der Waals surface area contributed by atoms with E-state index >= 15 is 0 Å². The molecule has 1 fully saturated rings. The lowest BCUT2D eigenvalue weighted by Gasteiger charge is -2.20. The molecule has 0 aromatic carbocycles. The van der Waals surface area contributed by atoms with E-state index in [4.69, 9.17) is 5.11 Å². The lowest BCUT2D eigenvalue weighted by Crippen LogP contribution is -2.41. The first-order chi connectivity index (χ1) is 8.68. The molecule has 0 saturated carbocycles. The summed E-state index contributed by atoms with van der Waals surface area (Å²) in [6, 6.07) is 3.42. The summed E-state index contributed by atoms with van der Waals surface area (Å²) < 4.78 is 0. The molecule has 1 aliphatic heterocycles. The minimum atomic E-state index is -0.897. The number of thioether (sulfide) groups is 1. The van der Waals surface area contributed by atoms with Crippen molar-refractivity contribution in [1.29, 1.82) is 0 Å². The Morgan fingerprint density at radius 1 is 1.50 bits per heavy atom. The lowest BCUT2D eigenvalue weighted by atomic mass is 10.2. The van der Waals surface area contributed by atoms with Gasteiger partial charge >= 0.3 is 5.97 Å². The first kappa shape index (κ1) is 13.4. The van der Waals surface area contributed by atoms with Crippen LogP contribution in [0.15, 0.2) is 17.5 Å². The molecule has 1 aliphatic rings. The number of hydrogen-bond acceptors (Lipinski definition) is 4. The van der Waals surface area contributed by atoms with E-state index in [9.17, 15) is 9.59 Å². The van der Waals surface area contributed by atoms with Crippen LogP contribution in [0, 0.1) is 0 Å². The number of carboxylic acids is 1. The Balaban J connectivity index is 1.79. The van der Waals surface area contributed by atoms with E-state index < -0.39 is 12.0 Å². The number of carbonyl (C=O) groups excluding carboxylic acids is 1. The molecule has 1 amide bonds. The summed E-state index contributed by atoms with van der Waals surface area (Å²) in [5.41, 5.74) is 0. The van der Waals surface area contributed by atoms with Crippen LogP contribution in [0.2, 0.25) is 0 Å². The quantitative estimate of drug-likeness (QED) is 0.899. The molecule has 0 bridgehead atoms. The highest BCUT2D eigenvalue weighted by molar-refractivity contribution is 7.99. The van der Waals surface area contributed by atoms with E-state index in [1.807, 2.05) is 11.4 Å². The molecule has 2 heterocycles. The van der Waals surface area contributed by atoms with Crippen LogP contribution >= 0.6 is 23.1 Å². The van der Waals surface area contributed by atoms with E-state index in [1.54, 1.807) is 11.3 Å². The molecule has 1 unspecified atom stereocenters. The SMILES string of the molecule is O=C(O)C1CSCN1C(=O)CCCc1cccs1. The minimum absolute atomic E-state index is 0.0380. The van der Waals surface area contributed by atoms with Crippen molar-refractivity contribution >= 4 is 35.0 Å². The summed E-state index contributed by atoms with van der Waals surface area (Å²) in [7, 11) is 0. The molecule has 18 heavy (non-hydrogen) atoms. The van der Waals surface area contributed by atoms with Gasteiger partial charge in [-0.1, -0.05) is 6.07 Å². The van der Waals surface area contributed by atoms with Crippen molar-refractivity contribution in [2.45, 2.75) is 25.3 Å². The first-order valence-electron chi connectivity index (χ1n) is 5.81. The fraction of sp³-hybridized carbons (Fsp3) is 0.500. The zero-order valence-corrected chi connectivity index (χ0v) is 11.5. The number of aliphatic carboxylic acids is 1. The van der Waals surface area contributed by atoms with Crippen LogP contribution in [-0.4, -0.2) is 39.6 Å². The van der Waals surface area contributed by atoms with Crippen molar-refractivity contribution in [3.63, 3.8) is 0 Å². The van der Waals surface area contributed by atoms with Gasteiger partial charge in [0.2, 0.25) is 5.91 Å². The predicted octanol–water partition coefficient (Wildman–Crippen LogP) is 2.06. The Morgan fingerprint density at radius 3 is 3.00 bits per heavy atom. The molecule has 2 rings (SSSR count). The number of thiophene rings is 1. The van der Waals surface area contributed by atoms with Crippen LogP contribution in [-0.2, 0) is 16.0 Å². The third-order valence-corrected chi connectivity index (χ3v) is 4.83. The molecular formula is C12H15NO3S2. The summed E-state index contributed by atoms with van der Waals surface area (Å²) in [5.74, 6) is 0.0800. The Bertz CT molecular complexity index is 419. The van der Waals surface area contributed by atoms with E-state index in [1.165, 1.54) is 21.5 Å². The van der Waals surface area contributed by atoms with Crippen molar-refractivity contribution in [3.05, 3.63) is 22.4 Å². The number of carbonyl (C=O) groups is 2. The van der Waals surface area contributed by atoms with Gasteiger partial charge in [-0.3, -0.25) is 4.79 Å². The van der Waals surface area contributed by atoms with Crippen LogP contribution in [0.25, 0.3) is 0 Å². The van der Waals surface area contributed by atoms with Gasteiger partial charge in [0.05, 0.1) is 5.88 Å². The maximum atomic E-state index is 11.9. The molecule has 98 valence electrons. The van der Waals surface area contributed by atoms with Gasteiger partial charge in [0.1, 0.15) is 6.04 Å². The van der Waals surface area contributed by atoms with Gasteiger partial charge in [-0.05, 0) is 24.3 Å². The molecule has 1 atom stereocenters. The zero-order valence-electron chi connectivity index (χ0n) is 9.87. The van der Waals surface area contributed by atoms with Crippen LogP contribution < -0.4 is 0 Å². The molecule has 1 N–H and O–H groups in total. The second-order valence-corrected chi connectivity index (χ2v) is 6.18. The number of rotatable bonds is 5. The molecule has 4 nitrogen and oxygen atoms in total. The van der Waals surface area contributed by atoms with Crippen molar-refractivity contribution in [2.24, 2.45) is 0 Å². The summed E-state index contributed by atoms with van der Waals surface area (Å²) in [6.45, 7) is 0. The highest BCUT2D eigenvalue weighted by atomic mass is 32.2.